The van der Waals surface area contributed by atoms with E-state index in [9.17, 15) is 4.79 Å². The quantitative estimate of drug-likeness (QED) is 0.268. The molecule has 0 radical (unpaired) electrons. The largest absolute Gasteiger partial charge is 0.456 e. The van der Waals surface area contributed by atoms with Crippen molar-refractivity contribution < 1.29 is 9.53 Å². The Morgan fingerprint density at radius 2 is 1.58 bits per heavy atom. The Kier molecular flexibility index (Phi) is 10.6. The second-order valence-corrected chi connectivity index (χ2v) is 5.43. The number of ether oxygens (including phenoxy) is 1. The van der Waals surface area contributed by atoms with E-state index in [0.29, 0.717) is 0 Å². The van der Waals surface area contributed by atoms with Gasteiger partial charge in [0.25, 0.3) is 0 Å². The summed E-state index contributed by atoms with van der Waals surface area (Å²) in [7, 11) is 0. The van der Waals surface area contributed by atoms with Crippen molar-refractivity contribution in [2.24, 2.45) is 0 Å². The van der Waals surface area contributed by atoms with Crippen molar-refractivity contribution in [1.29, 1.82) is 0 Å². The number of unbranched alkanes of at least 4 members (excludes halogenated alkanes) is 5. The molecule has 0 saturated carbocycles. The van der Waals surface area contributed by atoms with Crippen LogP contribution in [0.5, 0.6) is 0 Å². The van der Waals surface area contributed by atoms with E-state index in [4.69, 9.17) is 4.74 Å². The van der Waals surface area contributed by atoms with Crippen LogP contribution in [0.2, 0.25) is 0 Å². The average molecular weight is 268 g/mol. The van der Waals surface area contributed by atoms with Crippen LogP contribution < -0.4 is 0 Å². The van der Waals surface area contributed by atoms with Gasteiger partial charge in [0, 0.05) is 6.08 Å². The number of hydrogen-bond acceptors (Lipinski definition) is 2. The van der Waals surface area contributed by atoms with Crippen LogP contribution in [0.1, 0.15) is 85.0 Å². The standard InChI is InChI=1S/C17H32O2/c1-5-9-11-12-13-15-17(8-4,14-10-6-2)19-16(18)7-3/h7H,3,5-6,8-15H2,1-2,4H3. The van der Waals surface area contributed by atoms with Crippen molar-refractivity contribution in [3.63, 3.8) is 0 Å². The molecule has 19 heavy (non-hydrogen) atoms. The van der Waals surface area contributed by atoms with Crippen molar-refractivity contribution in [2.75, 3.05) is 0 Å². The first-order valence-electron chi connectivity index (χ1n) is 7.99. The number of rotatable bonds is 12. The lowest BCUT2D eigenvalue weighted by Crippen LogP contribution is -2.34. The molecule has 0 N–H and O–H groups in total. The van der Waals surface area contributed by atoms with Gasteiger partial charge >= 0.3 is 5.97 Å². The Balaban J connectivity index is 4.35. The minimum absolute atomic E-state index is 0.256. The van der Waals surface area contributed by atoms with Gasteiger partial charge in [-0.2, -0.15) is 0 Å². The van der Waals surface area contributed by atoms with Crippen LogP contribution in [0.4, 0.5) is 0 Å². The van der Waals surface area contributed by atoms with E-state index >= 15 is 0 Å². The molecule has 0 fully saturated rings. The maximum Gasteiger partial charge on any atom is 0.330 e. The summed E-state index contributed by atoms with van der Waals surface area (Å²) in [5.74, 6) is -0.272. The molecule has 0 aromatic carbocycles. The second kappa shape index (κ2) is 11.1. The summed E-state index contributed by atoms with van der Waals surface area (Å²) in [5, 5.41) is 0. The van der Waals surface area contributed by atoms with Gasteiger partial charge in [0.15, 0.2) is 0 Å². The van der Waals surface area contributed by atoms with Gasteiger partial charge in [-0.3, -0.25) is 0 Å². The van der Waals surface area contributed by atoms with Gasteiger partial charge in [-0.05, 0) is 32.1 Å². The fraction of sp³-hybridized carbons (Fsp3) is 0.824. The van der Waals surface area contributed by atoms with Crippen LogP contribution in [-0.2, 0) is 9.53 Å². The molecule has 0 aromatic rings. The SMILES string of the molecule is C=CC(=O)OC(CC)(CCCC)CCCCCCC. The first kappa shape index (κ1) is 18.2. The first-order valence-corrected chi connectivity index (χ1v) is 7.99. The van der Waals surface area contributed by atoms with Gasteiger partial charge in [-0.15, -0.1) is 0 Å². The van der Waals surface area contributed by atoms with E-state index in [-0.39, 0.29) is 11.6 Å². The first-order chi connectivity index (χ1) is 9.14. The molecule has 0 aliphatic rings. The summed E-state index contributed by atoms with van der Waals surface area (Å²) in [5.41, 5.74) is -0.256. The van der Waals surface area contributed by atoms with Gasteiger partial charge in [0.05, 0.1) is 0 Å². The molecule has 0 aliphatic carbocycles. The lowest BCUT2D eigenvalue weighted by atomic mass is 9.87. The molecule has 112 valence electrons. The second-order valence-electron chi connectivity index (χ2n) is 5.43. The zero-order valence-corrected chi connectivity index (χ0v) is 13.2. The van der Waals surface area contributed by atoms with E-state index in [1.54, 1.807) is 0 Å². The van der Waals surface area contributed by atoms with Gasteiger partial charge in [-0.25, -0.2) is 4.79 Å². The molecule has 0 aliphatic heterocycles. The van der Waals surface area contributed by atoms with Crippen LogP contribution in [0, 0.1) is 0 Å². The molecule has 0 rings (SSSR count). The molecule has 0 amide bonds. The highest BCUT2D eigenvalue weighted by Crippen LogP contribution is 2.30. The molecular formula is C17H32O2. The third-order valence-corrected chi connectivity index (χ3v) is 3.85. The summed E-state index contributed by atoms with van der Waals surface area (Å²) >= 11 is 0. The highest BCUT2D eigenvalue weighted by atomic mass is 16.6. The van der Waals surface area contributed by atoms with Gasteiger partial charge in [0.1, 0.15) is 5.60 Å². The smallest absolute Gasteiger partial charge is 0.330 e. The van der Waals surface area contributed by atoms with Crippen molar-refractivity contribution in [1.82, 2.24) is 0 Å². The van der Waals surface area contributed by atoms with E-state index in [0.717, 1.165) is 38.5 Å². The van der Waals surface area contributed by atoms with Crippen molar-refractivity contribution in [3.05, 3.63) is 12.7 Å². The molecule has 1 unspecified atom stereocenters. The fourth-order valence-electron chi connectivity index (χ4n) is 2.46. The molecule has 0 heterocycles. The zero-order chi connectivity index (χ0) is 14.6. The zero-order valence-electron chi connectivity index (χ0n) is 13.2. The molecule has 0 bridgehead atoms. The maximum atomic E-state index is 11.5. The predicted molar refractivity (Wildman–Crippen MR) is 82.2 cm³/mol. The summed E-state index contributed by atoms with van der Waals surface area (Å²) in [6.45, 7) is 10.0. The van der Waals surface area contributed by atoms with Crippen molar-refractivity contribution >= 4 is 5.97 Å². The summed E-state index contributed by atoms with van der Waals surface area (Å²) < 4.78 is 5.69. The van der Waals surface area contributed by atoms with Gasteiger partial charge < -0.3 is 4.74 Å². The van der Waals surface area contributed by atoms with E-state index in [1.165, 1.54) is 31.8 Å². The molecule has 2 nitrogen and oxygen atoms in total. The lowest BCUT2D eigenvalue weighted by Gasteiger charge is -2.32. The number of carbonyl (C=O) groups is 1. The Hall–Kier alpha value is -0.790. The minimum atomic E-state index is -0.272. The highest BCUT2D eigenvalue weighted by Gasteiger charge is 2.30. The number of esters is 1. The van der Waals surface area contributed by atoms with Crippen LogP contribution in [-0.4, -0.2) is 11.6 Å². The summed E-state index contributed by atoms with van der Waals surface area (Å²) in [4.78, 5) is 11.5. The maximum absolute atomic E-state index is 11.5. The summed E-state index contributed by atoms with van der Waals surface area (Å²) in [6, 6.07) is 0. The van der Waals surface area contributed by atoms with Crippen LogP contribution in [0.15, 0.2) is 12.7 Å². The Labute approximate surface area is 119 Å². The predicted octanol–water partition coefficient (Wildman–Crippen LogP) is 5.42. The minimum Gasteiger partial charge on any atom is -0.456 e. The molecule has 2 heteroatoms. The van der Waals surface area contributed by atoms with E-state index in [1.807, 2.05) is 0 Å². The van der Waals surface area contributed by atoms with E-state index < -0.39 is 0 Å². The third kappa shape index (κ3) is 8.07. The number of carbonyl (C=O) groups excluding carboxylic acids is 1. The van der Waals surface area contributed by atoms with Crippen molar-refractivity contribution in [2.45, 2.75) is 90.6 Å². The van der Waals surface area contributed by atoms with Crippen molar-refractivity contribution in [3.8, 4) is 0 Å². The Bertz CT molecular complexity index is 248. The topological polar surface area (TPSA) is 26.3 Å². The molecule has 0 aromatic heterocycles. The lowest BCUT2D eigenvalue weighted by molar-refractivity contribution is -0.156. The van der Waals surface area contributed by atoms with Crippen LogP contribution in [0.3, 0.4) is 0 Å². The molecule has 0 saturated heterocycles. The monoisotopic (exact) mass is 268 g/mol. The fourth-order valence-corrected chi connectivity index (χ4v) is 2.46. The van der Waals surface area contributed by atoms with E-state index in [2.05, 4.69) is 27.4 Å². The highest BCUT2D eigenvalue weighted by molar-refractivity contribution is 5.81. The van der Waals surface area contributed by atoms with Crippen LogP contribution in [0.25, 0.3) is 0 Å². The van der Waals surface area contributed by atoms with Gasteiger partial charge in [-0.1, -0.05) is 59.5 Å². The number of hydrogen-bond donors (Lipinski definition) is 0. The molecule has 1 atom stereocenters. The Morgan fingerprint density at radius 3 is 2.11 bits per heavy atom. The Morgan fingerprint density at radius 1 is 1.00 bits per heavy atom. The third-order valence-electron chi connectivity index (χ3n) is 3.85. The normalized spacial score (nSPS) is 13.8. The molecule has 0 spiro atoms. The average Bonchev–Trinajstić information content (AvgIpc) is 2.44. The molecular weight excluding hydrogens is 236 g/mol. The van der Waals surface area contributed by atoms with Gasteiger partial charge in [0.2, 0.25) is 0 Å². The van der Waals surface area contributed by atoms with Crippen LogP contribution >= 0.6 is 0 Å². The summed E-state index contributed by atoms with van der Waals surface area (Å²) in [6.07, 6.45) is 12.7.